The Labute approximate surface area is 221 Å². The van der Waals surface area contributed by atoms with E-state index in [4.69, 9.17) is 5.41 Å². The molecule has 0 saturated heterocycles. The smallest absolute Gasteiger partial charge is 0.253 e. The maximum Gasteiger partial charge on any atom is 0.253 e. The molecule has 37 heavy (non-hydrogen) atoms. The van der Waals surface area contributed by atoms with Crippen LogP contribution in [0.1, 0.15) is 77.8 Å². The Morgan fingerprint density at radius 3 is 2.27 bits per heavy atom. The summed E-state index contributed by atoms with van der Waals surface area (Å²) in [5.41, 5.74) is 6.15. The Morgan fingerprint density at radius 2 is 1.76 bits per heavy atom. The van der Waals surface area contributed by atoms with Crippen LogP contribution in [0.4, 0.5) is 11.4 Å². The average molecular weight is 509 g/mol. The van der Waals surface area contributed by atoms with Crippen LogP contribution < -0.4 is 21.1 Å². The minimum atomic E-state index is -0.210. The Hall–Kier alpha value is -3.13. The minimum absolute atomic E-state index is 0.159. The summed E-state index contributed by atoms with van der Waals surface area (Å²) in [6.45, 7) is 8.92. The molecule has 0 atom stereocenters. The highest BCUT2D eigenvalue weighted by atomic mass is 16.1. The van der Waals surface area contributed by atoms with Gasteiger partial charge >= 0.3 is 0 Å². The summed E-state index contributed by atoms with van der Waals surface area (Å²) in [5.74, 6) is -0.210. The molecule has 1 fully saturated rings. The number of aryl methyl sites for hydroxylation is 2. The zero-order valence-electron chi connectivity index (χ0n) is 23.5. The number of hydrogen-bond acceptors (Lipinski definition) is 6. The quantitative estimate of drug-likeness (QED) is 0.360. The van der Waals surface area contributed by atoms with Crippen LogP contribution in [0, 0.1) is 19.3 Å². The molecule has 8 nitrogen and oxygen atoms in total. The fourth-order valence-corrected chi connectivity index (χ4v) is 5.82. The van der Waals surface area contributed by atoms with E-state index in [0.29, 0.717) is 29.6 Å². The number of nitrogens with one attached hydrogen (secondary N) is 4. The number of anilines is 2. The Balaban J connectivity index is 2.01. The number of benzene rings is 1. The monoisotopic (exact) mass is 508 g/mol. The number of rotatable bonds is 10. The second kappa shape index (κ2) is 12.4. The van der Waals surface area contributed by atoms with Crippen molar-refractivity contribution in [1.29, 1.82) is 5.41 Å². The van der Waals surface area contributed by atoms with Crippen molar-refractivity contribution in [3.05, 3.63) is 56.0 Å². The molecule has 1 aromatic heterocycles. The first-order valence-corrected chi connectivity index (χ1v) is 13.4. The van der Waals surface area contributed by atoms with Gasteiger partial charge in [-0.05, 0) is 90.2 Å². The first-order valence-electron chi connectivity index (χ1n) is 13.4. The van der Waals surface area contributed by atoms with Crippen molar-refractivity contribution in [2.75, 3.05) is 37.9 Å². The molecule has 202 valence electrons. The van der Waals surface area contributed by atoms with Gasteiger partial charge in [0.1, 0.15) is 0 Å². The van der Waals surface area contributed by atoms with Gasteiger partial charge in [-0.15, -0.1) is 0 Å². The topological polar surface area (TPSA) is 104 Å². The molecule has 1 aliphatic rings. The van der Waals surface area contributed by atoms with Gasteiger partial charge in [-0.2, -0.15) is 0 Å². The van der Waals surface area contributed by atoms with E-state index in [1.165, 1.54) is 6.21 Å². The third-order valence-corrected chi connectivity index (χ3v) is 7.84. The summed E-state index contributed by atoms with van der Waals surface area (Å²) < 4.78 is 0. The van der Waals surface area contributed by atoms with E-state index in [-0.39, 0.29) is 18.0 Å². The normalized spacial score (nSPS) is 17.5. The molecule has 0 spiro atoms. The number of carbonyl (C=O) groups is 1. The van der Waals surface area contributed by atoms with Gasteiger partial charge in [0, 0.05) is 66.5 Å². The number of carbonyl (C=O) groups excluding carboxylic acids is 1. The number of aromatic nitrogens is 1. The summed E-state index contributed by atoms with van der Waals surface area (Å²) in [4.78, 5) is 33.6. The van der Waals surface area contributed by atoms with Gasteiger partial charge in [-0.1, -0.05) is 6.92 Å². The predicted molar refractivity (Wildman–Crippen MR) is 154 cm³/mol. The number of hydrogen-bond donors (Lipinski definition) is 4. The summed E-state index contributed by atoms with van der Waals surface area (Å²) in [5, 5.41) is 14.5. The molecule has 0 bridgehead atoms. The first kappa shape index (κ1) is 28.4. The van der Waals surface area contributed by atoms with Gasteiger partial charge in [0.2, 0.25) is 0 Å². The molecule has 2 aromatic rings. The molecule has 1 aliphatic carbocycles. The fraction of sp³-hybridized carbons (Fsp3) is 0.552. The van der Waals surface area contributed by atoms with Crippen molar-refractivity contribution in [3.63, 3.8) is 0 Å². The van der Waals surface area contributed by atoms with Crippen LogP contribution in [0.25, 0.3) is 0 Å². The van der Waals surface area contributed by atoms with E-state index >= 15 is 0 Å². The lowest BCUT2D eigenvalue weighted by Gasteiger charge is -2.41. The minimum Gasteiger partial charge on any atom is -0.388 e. The standard InChI is InChI=1S/C29H44N6O2/c1-8-22-23(28(36)32-17-25-18(3)14-19(4)33-29(25)37)15-26(31-5)24(16-30)27(22)35(9-2)21-12-10-20(11-13-21)34(6)7/h14-16,20-21,30-31H,8-13,17H2,1-7H3,(H,32,36)(H,33,37). The van der Waals surface area contributed by atoms with Crippen molar-refractivity contribution in [1.82, 2.24) is 15.2 Å². The van der Waals surface area contributed by atoms with Crippen LogP contribution in [0.15, 0.2) is 16.9 Å². The Bertz CT molecular complexity index is 1180. The molecule has 8 heteroatoms. The fourth-order valence-electron chi connectivity index (χ4n) is 5.82. The van der Waals surface area contributed by atoms with Gasteiger partial charge < -0.3 is 30.8 Å². The van der Waals surface area contributed by atoms with E-state index in [0.717, 1.165) is 66.0 Å². The lowest BCUT2D eigenvalue weighted by atomic mass is 9.87. The molecule has 0 unspecified atom stereocenters. The van der Waals surface area contributed by atoms with Crippen LogP contribution >= 0.6 is 0 Å². The molecule has 0 aliphatic heterocycles. The largest absolute Gasteiger partial charge is 0.388 e. The van der Waals surface area contributed by atoms with Crippen molar-refractivity contribution in [2.24, 2.45) is 0 Å². The predicted octanol–water partition coefficient (Wildman–Crippen LogP) is 4.22. The third kappa shape index (κ3) is 6.06. The van der Waals surface area contributed by atoms with Gasteiger partial charge in [0.05, 0.1) is 5.69 Å². The maximum absolute atomic E-state index is 13.6. The molecule has 3 rings (SSSR count). The first-order chi connectivity index (χ1) is 17.7. The van der Waals surface area contributed by atoms with Gasteiger partial charge in [-0.3, -0.25) is 9.59 Å². The summed E-state index contributed by atoms with van der Waals surface area (Å²) in [7, 11) is 6.13. The van der Waals surface area contributed by atoms with E-state index in [9.17, 15) is 9.59 Å². The molecular weight excluding hydrogens is 464 g/mol. The number of amides is 1. The number of pyridine rings is 1. The Morgan fingerprint density at radius 1 is 1.11 bits per heavy atom. The number of aromatic amines is 1. The molecule has 1 heterocycles. The maximum atomic E-state index is 13.6. The SMILES string of the molecule is CCc1c(C(=O)NCc2c(C)cc(C)[nH]c2=O)cc(NC)c(C=N)c1N(CC)C1CCC(N(C)C)CC1. The highest BCUT2D eigenvalue weighted by Gasteiger charge is 2.30. The van der Waals surface area contributed by atoms with E-state index in [2.05, 4.69) is 53.4 Å². The van der Waals surface area contributed by atoms with Crippen molar-refractivity contribution in [2.45, 2.75) is 78.4 Å². The summed E-state index contributed by atoms with van der Waals surface area (Å²) in [6, 6.07) is 4.73. The highest BCUT2D eigenvalue weighted by molar-refractivity contribution is 6.04. The Kier molecular flexibility index (Phi) is 9.54. The second-order valence-corrected chi connectivity index (χ2v) is 10.3. The van der Waals surface area contributed by atoms with Crippen LogP contribution in [0.5, 0.6) is 0 Å². The van der Waals surface area contributed by atoms with E-state index in [1.54, 1.807) is 0 Å². The van der Waals surface area contributed by atoms with Crippen LogP contribution in [0.2, 0.25) is 0 Å². The number of H-pyrrole nitrogens is 1. The lowest BCUT2D eigenvalue weighted by molar-refractivity contribution is 0.0950. The highest BCUT2D eigenvalue weighted by Crippen LogP contribution is 2.38. The zero-order chi connectivity index (χ0) is 27.3. The molecular formula is C29H44N6O2. The molecule has 1 amide bonds. The summed E-state index contributed by atoms with van der Waals surface area (Å²) in [6.07, 6.45) is 6.51. The van der Waals surface area contributed by atoms with Crippen molar-refractivity contribution < 1.29 is 4.79 Å². The van der Waals surface area contributed by atoms with Crippen LogP contribution in [0.3, 0.4) is 0 Å². The lowest BCUT2D eigenvalue weighted by Crippen LogP contribution is -2.43. The van der Waals surface area contributed by atoms with Crippen molar-refractivity contribution in [3.8, 4) is 0 Å². The third-order valence-electron chi connectivity index (χ3n) is 7.84. The molecule has 0 radical (unpaired) electrons. The van der Waals surface area contributed by atoms with Crippen LogP contribution in [-0.2, 0) is 13.0 Å². The van der Waals surface area contributed by atoms with Gasteiger partial charge in [-0.25, -0.2) is 0 Å². The van der Waals surface area contributed by atoms with E-state index in [1.807, 2.05) is 33.0 Å². The summed E-state index contributed by atoms with van der Waals surface area (Å²) >= 11 is 0. The second-order valence-electron chi connectivity index (χ2n) is 10.3. The van der Waals surface area contributed by atoms with Crippen molar-refractivity contribution >= 4 is 23.5 Å². The average Bonchev–Trinajstić information content (AvgIpc) is 2.87. The van der Waals surface area contributed by atoms with Gasteiger partial charge in [0.25, 0.3) is 11.5 Å². The molecule has 1 saturated carbocycles. The number of nitrogens with zero attached hydrogens (tertiary/aromatic N) is 2. The molecule has 4 N–H and O–H groups in total. The molecule has 1 aromatic carbocycles. The van der Waals surface area contributed by atoms with Crippen LogP contribution in [-0.4, -0.2) is 61.8 Å². The van der Waals surface area contributed by atoms with Gasteiger partial charge in [0.15, 0.2) is 0 Å². The van der Waals surface area contributed by atoms with E-state index < -0.39 is 0 Å². The zero-order valence-corrected chi connectivity index (χ0v) is 23.5.